The van der Waals surface area contributed by atoms with Crippen LogP contribution in [0.2, 0.25) is 0 Å². The number of fused-ring (bicyclic) bond motifs is 1. The van der Waals surface area contributed by atoms with Gasteiger partial charge in [0.2, 0.25) is 10.0 Å². The van der Waals surface area contributed by atoms with Gasteiger partial charge in [-0.2, -0.15) is 4.31 Å². The second-order valence-electron chi connectivity index (χ2n) is 4.89. The molecule has 17 heavy (non-hydrogen) atoms. The Morgan fingerprint density at radius 1 is 1.41 bits per heavy atom. The van der Waals surface area contributed by atoms with Crippen LogP contribution in [0.1, 0.15) is 31.6 Å². The van der Waals surface area contributed by atoms with Crippen molar-refractivity contribution in [2.45, 2.75) is 32.4 Å². The lowest BCUT2D eigenvalue weighted by Crippen LogP contribution is -2.42. The Hall–Kier alpha value is -0.950. The highest BCUT2D eigenvalue weighted by Gasteiger charge is 2.37. The molecule has 0 amide bonds. The van der Waals surface area contributed by atoms with E-state index in [-0.39, 0.29) is 6.04 Å². The van der Waals surface area contributed by atoms with E-state index in [1.807, 2.05) is 11.5 Å². The summed E-state index contributed by atoms with van der Waals surface area (Å²) in [6, 6.07) is -0.199. The molecular weight excluding hydrogens is 240 g/mol. The van der Waals surface area contributed by atoms with Gasteiger partial charge in [0, 0.05) is 13.1 Å². The minimum absolute atomic E-state index is 0.199. The van der Waals surface area contributed by atoms with Crippen molar-refractivity contribution in [2.75, 3.05) is 12.3 Å². The summed E-state index contributed by atoms with van der Waals surface area (Å²) in [5, 5.41) is 7.84. The lowest BCUT2D eigenvalue weighted by Gasteiger charge is -2.32. The molecule has 1 aliphatic heterocycles. The van der Waals surface area contributed by atoms with E-state index < -0.39 is 10.0 Å². The average molecular weight is 256 g/mol. The smallest absolute Gasteiger partial charge is 0.215 e. The van der Waals surface area contributed by atoms with E-state index in [0.717, 1.165) is 18.7 Å². The first-order valence-corrected chi connectivity index (χ1v) is 7.56. The van der Waals surface area contributed by atoms with Gasteiger partial charge in [0.25, 0.3) is 0 Å². The molecule has 3 rings (SSSR count). The summed E-state index contributed by atoms with van der Waals surface area (Å²) in [6.07, 6.45) is 3.77. The van der Waals surface area contributed by atoms with Crippen molar-refractivity contribution in [3.05, 3.63) is 12.2 Å². The normalized spacial score (nSPS) is 25.8. The summed E-state index contributed by atoms with van der Waals surface area (Å²) >= 11 is 0. The average Bonchev–Trinajstić information content (AvgIpc) is 2.93. The minimum Gasteiger partial charge on any atom is -0.315 e. The van der Waals surface area contributed by atoms with Crippen LogP contribution in [0.25, 0.3) is 0 Å². The van der Waals surface area contributed by atoms with E-state index in [0.29, 0.717) is 24.8 Å². The van der Waals surface area contributed by atoms with Crippen LogP contribution >= 0.6 is 0 Å². The van der Waals surface area contributed by atoms with Gasteiger partial charge in [0.05, 0.1) is 11.8 Å². The Labute approximate surface area is 101 Å². The van der Waals surface area contributed by atoms with Crippen molar-refractivity contribution in [1.82, 2.24) is 19.1 Å². The van der Waals surface area contributed by atoms with Crippen molar-refractivity contribution in [1.29, 1.82) is 0 Å². The van der Waals surface area contributed by atoms with E-state index in [4.69, 9.17) is 0 Å². The zero-order valence-electron chi connectivity index (χ0n) is 9.78. The number of sulfonamides is 1. The Bertz CT molecular complexity index is 520. The Morgan fingerprint density at radius 2 is 2.18 bits per heavy atom. The molecule has 1 atom stereocenters. The molecule has 0 radical (unpaired) electrons. The molecule has 2 aliphatic rings. The maximum absolute atomic E-state index is 12.2. The summed E-state index contributed by atoms with van der Waals surface area (Å²) in [5.41, 5.74) is 0. The number of hydrogen-bond donors (Lipinski definition) is 0. The third kappa shape index (κ3) is 1.97. The van der Waals surface area contributed by atoms with Crippen molar-refractivity contribution in [3.63, 3.8) is 0 Å². The molecule has 1 aromatic rings. The molecule has 6 nitrogen and oxygen atoms in total. The second-order valence-corrected chi connectivity index (χ2v) is 6.86. The quantitative estimate of drug-likeness (QED) is 0.784. The molecule has 1 unspecified atom stereocenters. The fourth-order valence-corrected chi connectivity index (χ4v) is 4.40. The van der Waals surface area contributed by atoms with Gasteiger partial charge in [-0.3, -0.25) is 0 Å². The SMILES string of the molecule is CC1c2nncn2CCN1S(=O)(=O)CC1CC1. The number of aromatic nitrogens is 3. The van der Waals surface area contributed by atoms with Gasteiger partial charge < -0.3 is 4.57 Å². The Morgan fingerprint density at radius 3 is 2.88 bits per heavy atom. The zero-order chi connectivity index (χ0) is 12.0. The van der Waals surface area contributed by atoms with Crippen molar-refractivity contribution in [2.24, 2.45) is 5.92 Å². The van der Waals surface area contributed by atoms with Crippen LogP contribution in [-0.2, 0) is 16.6 Å². The van der Waals surface area contributed by atoms with E-state index in [1.165, 1.54) is 0 Å². The monoisotopic (exact) mass is 256 g/mol. The van der Waals surface area contributed by atoms with E-state index in [9.17, 15) is 8.42 Å². The fourth-order valence-electron chi connectivity index (χ4n) is 2.35. The second kappa shape index (κ2) is 3.78. The number of nitrogens with zero attached hydrogens (tertiary/aromatic N) is 4. The fraction of sp³-hybridized carbons (Fsp3) is 0.800. The van der Waals surface area contributed by atoms with Crippen LogP contribution in [0, 0.1) is 5.92 Å². The molecule has 1 fully saturated rings. The summed E-state index contributed by atoms with van der Waals surface area (Å²) in [5.74, 6) is 1.42. The molecule has 1 aromatic heterocycles. The summed E-state index contributed by atoms with van der Waals surface area (Å²) < 4.78 is 28.0. The standard InChI is InChI=1S/C10H16N4O2S/c1-8-10-12-11-7-13(10)4-5-14(8)17(15,16)6-9-2-3-9/h7-9H,2-6H2,1H3. The first-order chi connectivity index (χ1) is 8.08. The van der Waals surface area contributed by atoms with Crippen LogP contribution in [0.15, 0.2) is 6.33 Å². The molecule has 94 valence electrons. The maximum atomic E-state index is 12.2. The molecule has 0 spiro atoms. The summed E-state index contributed by atoms with van der Waals surface area (Å²) in [7, 11) is -3.14. The van der Waals surface area contributed by atoms with Gasteiger partial charge in [-0.05, 0) is 25.7 Å². The minimum atomic E-state index is -3.14. The van der Waals surface area contributed by atoms with Crippen LogP contribution in [-0.4, -0.2) is 39.8 Å². The van der Waals surface area contributed by atoms with Crippen molar-refractivity contribution < 1.29 is 8.42 Å². The highest BCUT2D eigenvalue weighted by molar-refractivity contribution is 7.89. The van der Waals surface area contributed by atoms with Crippen LogP contribution in [0.4, 0.5) is 0 Å². The van der Waals surface area contributed by atoms with Gasteiger partial charge >= 0.3 is 0 Å². The van der Waals surface area contributed by atoms with Gasteiger partial charge in [-0.15, -0.1) is 10.2 Å². The third-order valence-electron chi connectivity index (χ3n) is 3.51. The van der Waals surface area contributed by atoms with Crippen LogP contribution in [0.5, 0.6) is 0 Å². The predicted molar refractivity (Wildman–Crippen MR) is 61.7 cm³/mol. The van der Waals surface area contributed by atoms with Gasteiger partial charge in [0.15, 0.2) is 5.82 Å². The van der Waals surface area contributed by atoms with E-state index in [2.05, 4.69) is 10.2 Å². The maximum Gasteiger partial charge on any atom is 0.215 e. The Balaban J connectivity index is 1.85. The lowest BCUT2D eigenvalue weighted by atomic mass is 10.2. The number of hydrogen-bond acceptors (Lipinski definition) is 4. The van der Waals surface area contributed by atoms with Crippen LogP contribution in [0.3, 0.4) is 0 Å². The molecule has 0 bridgehead atoms. The highest BCUT2D eigenvalue weighted by Crippen LogP contribution is 2.34. The van der Waals surface area contributed by atoms with Gasteiger partial charge in [-0.25, -0.2) is 8.42 Å². The molecule has 0 N–H and O–H groups in total. The third-order valence-corrected chi connectivity index (χ3v) is 5.62. The van der Waals surface area contributed by atoms with E-state index in [1.54, 1.807) is 10.6 Å². The highest BCUT2D eigenvalue weighted by atomic mass is 32.2. The number of rotatable bonds is 3. The predicted octanol–water partition coefficient (Wildman–Crippen LogP) is 0.394. The topological polar surface area (TPSA) is 68.1 Å². The molecule has 0 aromatic carbocycles. The molecule has 0 saturated heterocycles. The van der Waals surface area contributed by atoms with Crippen molar-refractivity contribution in [3.8, 4) is 0 Å². The molecule has 2 heterocycles. The zero-order valence-corrected chi connectivity index (χ0v) is 10.6. The largest absolute Gasteiger partial charge is 0.315 e. The van der Waals surface area contributed by atoms with E-state index >= 15 is 0 Å². The Kier molecular flexibility index (Phi) is 2.48. The molecule has 1 saturated carbocycles. The van der Waals surface area contributed by atoms with Crippen molar-refractivity contribution >= 4 is 10.0 Å². The first-order valence-electron chi connectivity index (χ1n) is 5.95. The molecular formula is C10H16N4O2S. The van der Waals surface area contributed by atoms with Gasteiger partial charge in [0.1, 0.15) is 6.33 Å². The summed E-state index contributed by atoms with van der Waals surface area (Å²) in [4.78, 5) is 0. The molecule has 1 aliphatic carbocycles. The first kappa shape index (κ1) is 11.2. The summed E-state index contributed by atoms with van der Waals surface area (Å²) in [6.45, 7) is 3.06. The molecule has 7 heteroatoms. The van der Waals surface area contributed by atoms with Crippen LogP contribution < -0.4 is 0 Å². The van der Waals surface area contributed by atoms with Gasteiger partial charge in [-0.1, -0.05) is 0 Å². The lowest BCUT2D eigenvalue weighted by molar-refractivity contribution is 0.275.